The predicted molar refractivity (Wildman–Crippen MR) is 86.7 cm³/mol. The highest BCUT2D eigenvalue weighted by atomic mass is 16.6. The van der Waals surface area contributed by atoms with Gasteiger partial charge in [0, 0.05) is 6.42 Å². The first kappa shape index (κ1) is 16.0. The Morgan fingerprint density at radius 3 is 2.50 bits per heavy atom. The van der Waals surface area contributed by atoms with E-state index in [0.717, 1.165) is 22.6 Å². The number of amides is 1. The van der Waals surface area contributed by atoms with Gasteiger partial charge < -0.3 is 14.8 Å². The summed E-state index contributed by atoms with van der Waals surface area (Å²) in [7, 11) is 0. The molecule has 1 amide bonds. The fraction of sp³-hybridized carbons (Fsp3) is 0.333. The van der Waals surface area contributed by atoms with Crippen LogP contribution in [0.25, 0.3) is 10.8 Å². The van der Waals surface area contributed by atoms with Crippen molar-refractivity contribution in [2.75, 3.05) is 0 Å². The SMILES string of the molecule is CC(C)(C)OC(=O)N[C@H](CC=O)c1ccc2ccccc2c1. The summed E-state index contributed by atoms with van der Waals surface area (Å²) in [6, 6.07) is 13.5. The van der Waals surface area contributed by atoms with Gasteiger partial charge in [0.25, 0.3) is 0 Å². The lowest BCUT2D eigenvalue weighted by Gasteiger charge is -2.23. The van der Waals surface area contributed by atoms with E-state index in [2.05, 4.69) is 5.32 Å². The molecule has 0 aromatic heterocycles. The van der Waals surface area contributed by atoms with Crippen LogP contribution in [0, 0.1) is 0 Å². The molecule has 0 saturated carbocycles. The molecule has 0 unspecified atom stereocenters. The molecular formula is C18H21NO3. The Morgan fingerprint density at radius 2 is 1.86 bits per heavy atom. The molecule has 4 nitrogen and oxygen atoms in total. The van der Waals surface area contributed by atoms with Gasteiger partial charge >= 0.3 is 6.09 Å². The molecule has 0 bridgehead atoms. The van der Waals surface area contributed by atoms with E-state index < -0.39 is 17.7 Å². The van der Waals surface area contributed by atoms with Crippen molar-refractivity contribution in [3.05, 3.63) is 48.0 Å². The first-order valence-corrected chi connectivity index (χ1v) is 7.31. The largest absolute Gasteiger partial charge is 0.444 e. The summed E-state index contributed by atoms with van der Waals surface area (Å²) < 4.78 is 5.26. The van der Waals surface area contributed by atoms with Crippen LogP contribution in [-0.4, -0.2) is 18.0 Å². The van der Waals surface area contributed by atoms with Crippen molar-refractivity contribution in [2.24, 2.45) is 0 Å². The first-order chi connectivity index (χ1) is 10.4. The molecule has 0 aliphatic carbocycles. The van der Waals surface area contributed by atoms with Gasteiger partial charge in [0.15, 0.2) is 0 Å². The van der Waals surface area contributed by atoms with Gasteiger partial charge in [-0.15, -0.1) is 0 Å². The summed E-state index contributed by atoms with van der Waals surface area (Å²) in [5.74, 6) is 0. The Morgan fingerprint density at radius 1 is 1.18 bits per heavy atom. The maximum absolute atomic E-state index is 11.9. The Kier molecular flexibility index (Phi) is 4.81. The highest BCUT2D eigenvalue weighted by Crippen LogP contribution is 2.22. The lowest BCUT2D eigenvalue weighted by Crippen LogP contribution is -2.35. The van der Waals surface area contributed by atoms with Crippen molar-refractivity contribution in [2.45, 2.75) is 38.8 Å². The predicted octanol–water partition coefficient (Wildman–Crippen LogP) is 3.99. The maximum Gasteiger partial charge on any atom is 0.408 e. The third-order valence-corrected chi connectivity index (χ3v) is 3.20. The molecule has 1 atom stereocenters. The number of ether oxygens (including phenoxy) is 1. The van der Waals surface area contributed by atoms with Crippen LogP contribution < -0.4 is 5.32 Å². The van der Waals surface area contributed by atoms with Gasteiger partial charge in [-0.1, -0.05) is 36.4 Å². The van der Waals surface area contributed by atoms with E-state index in [1.165, 1.54) is 0 Å². The fourth-order valence-electron chi connectivity index (χ4n) is 2.25. The monoisotopic (exact) mass is 299 g/mol. The van der Waals surface area contributed by atoms with Crippen molar-refractivity contribution in [1.29, 1.82) is 0 Å². The number of carbonyl (C=O) groups is 2. The molecular weight excluding hydrogens is 278 g/mol. The summed E-state index contributed by atoms with van der Waals surface area (Å²) in [6.45, 7) is 5.41. The average molecular weight is 299 g/mol. The highest BCUT2D eigenvalue weighted by Gasteiger charge is 2.20. The second-order valence-corrected chi connectivity index (χ2v) is 6.21. The number of alkyl carbamates (subject to hydrolysis) is 1. The number of benzene rings is 2. The molecule has 116 valence electrons. The average Bonchev–Trinajstić information content (AvgIpc) is 2.44. The lowest BCUT2D eigenvalue weighted by molar-refractivity contribution is -0.108. The summed E-state index contributed by atoms with van der Waals surface area (Å²) in [5, 5.41) is 4.95. The second-order valence-electron chi connectivity index (χ2n) is 6.21. The fourth-order valence-corrected chi connectivity index (χ4v) is 2.25. The number of rotatable bonds is 4. The van der Waals surface area contributed by atoms with Gasteiger partial charge in [-0.2, -0.15) is 0 Å². The zero-order valence-corrected chi connectivity index (χ0v) is 13.1. The Labute approximate surface area is 130 Å². The molecule has 2 aromatic carbocycles. The van der Waals surface area contributed by atoms with Crippen molar-refractivity contribution in [3.8, 4) is 0 Å². The minimum absolute atomic E-state index is 0.206. The van der Waals surface area contributed by atoms with Gasteiger partial charge in [0.05, 0.1) is 6.04 Å². The van der Waals surface area contributed by atoms with Crippen LogP contribution in [0.1, 0.15) is 38.8 Å². The summed E-state index contributed by atoms with van der Waals surface area (Å²) in [6.07, 6.45) is 0.488. The van der Waals surface area contributed by atoms with Crippen LogP contribution in [0.15, 0.2) is 42.5 Å². The third kappa shape index (κ3) is 4.32. The lowest BCUT2D eigenvalue weighted by atomic mass is 10.0. The molecule has 2 rings (SSSR count). The van der Waals surface area contributed by atoms with E-state index in [9.17, 15) is 9.59 Å². The van der Waals surface area contributed by atoms with E-state index >= 15 is 0 Å². The van der Waals surface area contributed by atoms with Crippen molar-refractivity contribution >= 4 is 23.2 Å². The molecule has 2 aromatic rings. The third-order valence-electron chi connectivity index (χ3n) is 3.20. The standard InChI is InChI=1S/C18H21NO3/c1-18(2,3)22-17(21)19-16(10-11-20)15-9-8-13-6-4-5-7-14(13)12-15/h4-9,11-12,16H,10H2,1-3H3,(H,19,21)/t16-/m1/s1. The quantitative estimate of drug-likeness (QED) is 0.868. The number of nitrogens with one attached hydrogen (secondary N) is 1. The zero-order chi connectivity index (χ0) is 16.2. The van der Waals surface area contributed by atoms with Crippen LogP contribution in [0.4, 0.5) is 4.79 Å². The zero-order valence-electron chi connectivity index (χ0n) is 13.1. The molecule has 0 heterocycles. The second kappa shape index (κ2) is 6.60. The summed E-state index contributed by atoms with van der Waals surface area (Å²) >= 11 is 0. The Bertz CT molecular complexity index is 673. The van der Waals surface area contributed by atoms with Gasteiger partial charge in [0.2, 0.25) is 0 Å². The van der Waals surface area contributed by atoms with Crippen molar-refractivity contribution in [1.82, 2.24) is 5.32 Å². The van der Waals surface area contributed by atoms with Gasteiger partial charge in [0.1, 0.15) is 11.9 Å². The van der Waals surface area contributed by atoms with E-state index in [4.69, 9.17) is 4.74 Å². The molecule has 0 aliphatic rings. The van der Waals surface area contributed by atoms with Crippen LogP contribution in [0.5, 0.6) is 0 Å². The molecule has 0 fully saturated rings. The molecule has 1 N–H and O–H groups in total. The van der Waals surface area contributed by atoms with Crippen LogP contribution in [0.3, 0.4) is 0 Å². The topological polar surface area (TPSA) is 55.4 Å². The van der Waals surface area contributed by atoms with E-state index in [-0.39, 0.29) is 6.42 Å². The molecule has 22 heavy (non-hydrogen) atoms. The van der Waals surface area contributed by atoms with E-state index in [1.807, 2.05) is 42.5 Å². The first-order valence-electron chi connectivity index (χ1n) is 7.31. The van der Waals surface area contributed by atoms with Gasteiger partial charge in [-0.25, -0.2) is 4.79 Å². The van der Waals surface area contributed by atoms with Gasteiger partial charge in [-0.3, -0.25) is 0 Å². The molecule has 0 saturated heterocycles. The Balaban J connectivity index is 2.22. The van der Waals surface area contributed by atoms with E-state index in [1.54, 1.807) is 20.8 Å². The molecule has 0 spiro atoms. The molecule has 0 aliphatic heterocycles. The van der Waals surface area contributed by atoms with Crippen molar-refractivity contribution < 1.29 is 14.3 Å². The minimum atomic E-state index is -0.570. The minimum Gasteiger partial charge on any atom is -0.444 e. The number of hydrogen-bond acceptors (Lipinski definition) is 3. The van der Waals surface area contributed by atoms with Gasteiger partial charge in [-0.05, 0) is 43.2 Å². The van der Waals surface area contributed by atoms with Crippen LogP contribution in [-0.2, 0) is 9.53 Å². The van der Waals surface area contributed by atoms with E-state index in [0.29, 0.717) is 0 Å². The smallest absolute Gasteiger partial charge is 0.408 e. The number of hydrogen-bond donors (Lipinski definition) is 1. The highest BCUT2D eigenvalue weighted by molar-refractivity contribution is 5.83. The Hall–Kier alpha value is -2.36. The normalized spacial score (nSPS) is 12.7. The maximum atomic E-state index is 11.9. The van der Waals surface area contributed by atoms with Crippen LogP contribution >= 0.6 is 0 Å². The number of aldehydes is 1. The molecule has 0 radical (unpaired) electrons. The number of carbonyl (C=O) groups excluding carboxylic acids is 2. The van der Waals surface area contributed by atoms with Crippen molar-refractivity contribution in [3.63, 3.8) is 0 Å². The number of fused-ring (bicyclic) bond motifs is 1. The molecule has 4 heteroatoms. The summed E-state index contributed by atoms with van der Waals surface area (Å²) in [4.78, 5) is 22.9. The van der Waals surface area contributed by atoms with Crippen LogP contribution in [0.2, 0.25) is 0 Å². The summed E-state index contributed by atoms with van der Waals surface area (Å²) in [5.41, 5.74) is 0.316.